The number of nitrogens with zero attached hydrogens (tertiary/aromatic N) is 4. The number of guanidine groups is 1. The maximum absolute atomic E-state index is 12.0. The van der Waals surface area contributed by atoms with Crippen LogP contribution in [0.2, 0.25) is 0 Å². The normalized spacial score (nSPS) is 13.1. The summed E-state index contributed by atoms with van der Waals surface area (Å²) in [6.45, 7) is 14.4. The van der Waals surface area contributed by atoms with Gasteiger partial charge in [-0.05, 0) is 34.1 Å². The van der Waals surface area contributed by atoms with E-state index in [4.69, 9.17) is 4.74 Å². The number of hydrogen-bond donors (Lipinski definition) is 3. The third-order valence-electron chi connectivity index (χ3n) is 4.11. The van der Waals surface area contributed by atoms with Crippen molar-refractivity contribution in [2.45, 2.75) is 85.4 Å². The number of alkyl carbamates (subject to hydrolysis) is 1. The second-order valence-electron chi connectivity index (χ2n) is 7.92. The summed E-state index contributed by atoms with van der Waals surface area (Å²) < 4.78 is 7.35. The fourth-order valence-corrected chi connectivity index (χ4v) is 2.72. The Labute approximate surface area is 175 Å². The molecule has 1 aromatic rings. The topological polar surface area (TPSA) is 105 Å². The quantitative estimate of drug-likeness (QED) is 0.383. The molecule has 29 heavy (non-hydrogen) atoms. The van der Waals surface area contributed by atoms with E-state index in [1.54, 1.807) is 6.33 Å². The Morgan fingerprint density at radius 3 is 2.66 bits per heavy atom. The van der Waals surface area contributed by atoms with Crippen molar-refractivity contribution in [2.75, 3.05) is 19.6 Å². The molecule has 0 aliphatic heterocycles. The maximum Gasteiger partial charge on any atom is 0.407 e. The third-order valence-corrected chi connectivity index (χ3v) is 4.11. The van der Waals surface area contributed by atoms with Crippen molar-refractivity contribution in [1.82, 2.24) is 30.7 Å². The Kier molecular flexibility index (Phi) is 11.1. The number of carbonyl (C=O) groups excluding carboxylic acids is 1. The van der Waals surface area contributed by atoms with Crippen LogP contribution < -0.4 is 16.0 Å². The van der Waals surface area contributed by atoms with Crippen LogP contribution in [0.5, 0.6) is 0 Å². The van der Waals surface area contributed by atoms with Crippen LogP contribution in [-0.2, 0) is 17.7 Å². The molecule has 0 spiro atoms. The van der Waals surface area contributed by atoms with Crippen LogP contribution in [0.4, 0.5) is 4.79 Å². The van der Waals surface area contributed by atoms with Crippen molar-refractivity contribution in [3.63, 3.8) is 0 Å². The molecule has 1 unspecified atom stereocenters. The van der Waals surface area contributed by atoms with E-state index in [2.05, 4.69) is 45.0 Å². The predicted molar refractivity (Wildman–Crippen MR) is 116 cm³/mol. The van der Waals surface area contributed by atoms with Gasteiger partial charge < -0.3 is 25.3 Å². The molecule has 0 saturated heterocycles. The summed E-state index contributed by atoms with van der Waals surface area (Å²) in [5.74, 6) is 1.70. The molecule has 0 radical (unpaired) electrons. The molecule has 3 N–H and O–H groups in total. The Morgan fingerprint density at radius 1 is 1.28 bits per heavy atom. The Bertz CT molecular complexity index is 623. The summed E-state index contributed by atoms with van der Waals surface area (Å²) >= 11 is 0. The molecule has 1 rings (SSSR count). The first-order valence-corrected chi connectivity index (χ1v) is 10.7. The van der Waals surface area contributed by atoms with Crippen LogP contribution in [0.15, 0.2) is 11.3 Å². The van der Waals surface area contributed by atoms with Crippen LogP contribution in [0, 0.1) is 0 Å². The lowest BCUT2D eigenvalue weighted by Crippen LogP contribution is -2.49. The number of ether oxygens (including phenoxy) is 1. The molecule has 9 nitrogen and oxygen atoms in total. The van der Waals surface area contributed by atoms with E-state index < -0.39 is 11.7 Å². The van der Waals surface area contributed by atoms with Gasteiger partial charge in [-0.1, -0.05) is 26.7 Å². The summed E-state index contributed by atoms with van der Waals surface area (Å²) in [5, 5.41) is 17.6. The SMILES string of the molecule is CCCCC(CNC(=O)OC(C)(C)C)NC(=NCCn1cnnc1CC)NCC. The van der Waals surface area contributed by atoms with E-state index in [-0.39, 0.29) is 6.04 Å². The van der Waals surface area contributed by atoms with Gasteiger partial charge in [0.25, 0.3) is 0 Å². The standard InChI is InChI=1S/C20H39N7O2/c1-7-10-11-16(14-23-19(28)29-20(4,5)6)25-18(21-9-3)22-12-13-27-15-24-26-17(27)8-2/h15-16H,7-14H2,1-6H3,(H,23,28)(H2,21,22,25). The van der Waals surface area contributed by atoms with Crippen molar-refractivity contribution in [3.8, 4) is 0 Å². The van der Waals surface area contributed by atoms with E-state index in [9.17, 15) is 4.79 Å². The van der Waals surface area contributed by atoms with E-state index in [1.807, 2.05) is 32.3 Å². The van der Waals surface area contributed by atoms with E-state index in [0.717, 1.165) is 50.6 Å². The van der Waals surface area contributed by atoms with Crippen LogP contribution >= 0.6 is 0 Å². The zero-order valence-electron chi connectivity index (χ0n) is 18.9. The smallest absolute Gasteiger partial charge is 0.407 e. The van der Waals surface area contributed by atoms with Gasteiger partial charge in [-0.25, -0.2) is 4.79 Å². The van der Waals surface area contributed by atoms with Gasteiger partial charge in [0, 0.05) is 32.1 Å². The number of rotatable bonds is 11. The average Bonchev–Trinajstić information content (AvgIpc) is 3.10. The Balaban J connectivity index is 2.65. The van der Waals surface area contributed by atoms with E-state index in [0.29, 0.717) is 13.1 Å². The van der Waals surface area contributed by atoms with Crippen LogP contribution in [0.3, 0.4) is 0 Å². The second kappa shape index (κ2) is 13.0. The van der Waals surface area contributed by atoms with Gasteiger partial charge in [0.15, 0.2) is 5.96 Å². The minimum absolute atomic E-state index is 0.0707. The van der Waals surface area contributed by atoms with Crippen molar-refractivity contribution >= 4 is 12.1 Å². The largest absolute Gasteiger partial charge is 0.444 e. The highest BCUT2D eigenvalue weighted by Gasteiger charge is 2.18. The molecule has 0 aliphatic rings. The fourth-order valence-electron chi connectivity index (χ4n) is 2.72. The molecule has 0 aliphatic carbocycles. The first-order valence-electron chi connectivity index (χ1n) is 10.7. The Hall–Kier alpha value is -2.32. The predicted octanol–water partition coefficient (Wildman–Crippen LogP) is 2.48. The number of aryl methyl sites for hydroxylation is 1. The molecule has 0 bridgehead atoms. The average molecular weight is 410 g/mol. The summed E-state index contributed by atoms with van der Waals surface area (Å²) in [6, 6.07) is 0.0707. The number of aromatic nitrogens is 3. The van der Waals surface area contributed by atoms with Gasteiger partial charge in [0.2, 0.25) is 0 Å². The molecule has 166 valence electrons. The zero-order chi connectivity index (χ0) is 21.7. The highest BCUT2D eigenvalue weighted by molar-refractivity contribution is 5.80. The van der Waals surface area contributed by atoms with Crippen molar-refractivity contribution < 1.29 is 9.53 Å². The van der Waals surface area contributed by atoms with Gasteiger partial charge in [-0.3, -0.25) is 4.99 Å². The van der Waals surface area contributed by atoms with Gasteiger partial charge in [0.05, 0.1) is 6.54 Å². The summed E-state index contributed by atoms with van der Waals surface area (Å²) in [5.41, 5.74) is -0.508. The van der Waals surface area contributed by atoms with Gasteiger partial charge >= 0.3 is 6.09 Å². The molecular formula is C20H39N7O2. The van der Waals surface area contributed by atoms with Crippen molar-refractivity contribution in [2.24, 2.45) is 4.99 Å². The van der Waals surface area contributed by atoms with Gasteiger partial charge in [-0.2, -0.15) is 0 Å². The molecular weight excluding hydrogens is 370 g/mol. The number of amides is 1. The molecule has 1 aromatic heterocycles. The number of unbranched alkanes of at least 4 members (excludes halogenated alkanes) is 1. The molecule has 1 amide bonds. The molecule has 0 fully saturated rings. The molecule has 1 heterocycles. The molecule has 0 saturated carbocycles. The minimum atomic E-state index is -0.508. The Morgan fingerprint density at radius 2 is 2.03 bits per heavy atom. The van der Waals surface area contributed by atoms with E-state index in [1.165, 1.54) is 0 Å². The summed E-state index contributed by atoms with van der Waals surface area (Å²) in [4.78, 5) is 16.7. The minimum Gasteiger partial charge on any atom is -0.444 e. The lowest BCUT2D eigenvalue weighted by molar-refractivity contribution is 0.0522. The first-order chi connectivity index (χ1) is 13.8. The third kappa shape index (κ3) is 10.7. The van der Waals surface area contributed by atoms with Crippen molar-refractivity contribution in [1.29, 1.82) is 0 Å². The second-order valence-corrected chi connectivity index (χ2v) is 7.92. The van der Waals surface area contributed by atoms with E-state index >= 15 is 0 Å². The highest BCUT2D eigenvalue weighted by atomic mass is 16.6. The number of nitrogens with one attached hydrogen (secondary N) is 3. The highest BCUT2D eigenvalue weighted by Crippen LogP contribution is 2.07. The lowest BCUT2D eigenvalue weighted by atomic mass is 10.1. The number of aliphatic imine (C=N–C) groups is 1. The molecule has 1 atom stereocenters. The monoisotopic (exact) mass is 409 g/mol. The fraction of sp³-hybridized carbons (Fsp3) is 0.800. The van der Waals surface area contributed by atoms with Gasteiger partial charge in [-0.15, -0.1) is 10.2 Å². The first kappa shape index (κ1) is 24.7. The maximum atomic E-state index is 12.0. The van der Waals surface area contributed by atoms with Gasteiger partial charge in [0.1, 0.15) is 17.8 Å². The zero-order valence-corrected chi connectivity index (χ0v) is 18.9. The van der Waals surface area contributed by atoms with Crippen LogP contribution in [-0.4, -0.2) is 58.1 Å². The van der Waals surface area contributed by atoms with Crippen LogP contribution in [0.1, 0.15) is 66.6 Å². The van der Waals surface area contributed by atoms with Crippen LogP contribution in [0.25, 0.3) is 0 Å². The molecule has 0 aromatic carbocycles. The summed E-state index contributed by atoms with van der Waals surface area (Å²) in [7, 11) is 0. The number of hydrogen-bond acceptors (Lipinski definition) is 5. The number of carbonyl (C=O) groups is 1. The summed E-state index contributed by atoms with van der Waals surface area (Å²) in [6.07, 6.45) is 5.27. The van der Waals surface area contributed by atoms with Crippen molar-refractivity contribution in [3.05, 3.63) is 12.2 Å². The molecule has 9 heteroatoms. The lowest BCUT2D eigenvalue weighted by Gasteiger charge is -2.24.